The second-order valence-electron chi connectivity index (χ2n) is 6.51. The van der Waals surface area contributed by atoms with E-state index in [9.17, 15) is 4.79 Å². The minimum atomic E-state index is -0.246. The van der Waals surface area contributed by atoms with Gasteiger partial charge in [-0.05, 0) is 30.4 Å². The van der Waals surface area contributed by atoms with E-state index in [1.54, 1.807) is 0 Å². The Labute approximate surface area is 143 Å². The molecule has 24 heavy (non-hydrogen) atoms. The first-order valence-electron chi connectivity index (χ1n) is 8.49. The molecule has 0 bridgehead atoms. The average Bonchev–Trinajstić information content (AvgIpc) is 2.92. The third kappa shape index (κ3) is 3.49. The van der Waals surface area contributed by atoms with Crippen molar-refractivity contribution >= 4 is 5.91 Å². The van der Waals surface area contributed by atoms with Crippen molar-refractivity contribution in [2.75, 3.05) is 0 Å². The van der Waals surface area contributed by atoms with Crippen LogP contribution < -0.4 is 0 Å². The molecule has 0 spiro atoms. The van der Waals surface area contributed by atoms with Crippen LogP contribution in [0.15, 0.2) is 60.7 Å². The lowest BCUT2D eigenvalue weighted by atomic mass is 9.83. The van der Waals surface area contributed by atoms with Gasteiger partial charge in [0.1, 0.15) is 0 Å². The first kappa shape index (κ1) is 16.3. The number of rotatable bonds is 6. The first-order valence-corrected chi connectivity index (χ1v) is 8.49. The van der Waals surface area contributed by atoms with Crippen LogP contribution in [0.1, 0.15) is 36.8 Å². The Balaban J connectivity index is 1.89. The van der Waals surface area contributed by atoms with E-state index >= 15 is 0 Å². The average molecular weight is 318 g/mol. The van der Waals surface area contributed by atoms with Gasteiger partial charge < -0.3 is 4.90 Å². The normalized spacial score (nSPS) is 20.1. The van der Waals surface area contributed by atoms with Gasteiger partial charge in [0, 0.05) is 24.9 Å². The molecule has 1 fully saturated rings. The molecule has 1 saturated heterocycles. The van der Waals surface area contributed by atoms with Gasteiger partial charge in [0.25, 0.3) is 0 Å². The summed E-state index contributed by atoms with van der Waals surface area (Å²) in [5.74, 6) is 0.202. The van der Waals surface area contributed by atoms with Gasteiger partial charge in [-0.3, -0.25) is 4.79 Å². The Morgan fingerprint density at radius 1 is 1.00 bits per heavy atom. The maximum absolute atomic E-state index is 12.6. The molecular formula is C21H22N2O. The monoisotopic (exact) mass is 318 g/mol. The zero-order chi connectivity index (χ0) is 16.8. The van der Waals surface area contributed by atoms with E-state index in [4.69, 9.17) is 5.26 Å². The lowest BCUT2D eigenvalue weighted by Crippen LogP contribution is -2.47. The minimum absolute atomic E-state index is 0.202. The summed E-state index contributed by atoms with van der Waals surface area (Å²) in [7, 11) is 0. The highest BCUT2D eigenvalue weighted by Gasteiger charge is 2.44. The molecule has 0 radical (unpaired) electrons. The van der Waals surface area contributed by atoms with Gasteiger partial charge in [-0.15, -0.1) is 0 Å². The number of likely N-dealkylation sites (tertiary alicyclic amines) is 1. The van der Waals surface area contributed by atoms with Crippen LogP contribution in [0.3, 0.4) is 0 Å². The quantitative estimate of drug-likeness (QED) is 0.805. The van der Waals surface area contributed by atoms with Gasteiger partial charge in [-0.1, -0.05) is 60.7 Å². The van der Waals surface area contributed by atoms with Crippen molar-refractivity contribution < 1.29 is 4.79 Å². The Hall–Kier alpha value is -2.60. The number of amides is 1. The number of hydrogen-bond acceptors (Lipinski definition) is 2. The number of carbonyl (C=O) groups is 1. The van der Waals surface area contributed by atoms with Crippen LogP contribution in [0.25, 0.3) is 0 Å². The van der Waals surface area contributed by atoms with Gasteiger partial charge >= 0.3 is 0 Å². The molecule has 0 unspecified atom stereocenters. The van der Waals surface area contributed by atoms with Crippen molar-refractivity contribution in [3.63, 3.8) is 0 Å². The summed E-state index contributed by atoms with van der Waals surface area (Å²) in [5.41, 5.74) is 2.12. The second-order valence-corrected chi connectivity index (χ2v) is 6.51. The van der Waals surface area contributed by atoms with E-state index in [0.717, 1.165) is 24.8 Å². The van der Waals surface area contributed by atoms with Crippen LogP contribution in [0, 0.1) is 11.3 Å². The predicted molar refractivity (Wildman–Crippen MR) is 94.0 cm³/mol. The second kappa shape index (κ2) is 7.31. The van der Waals surface area contributed by atoms with Crippen LogP contribution in [0.5, 0.6) is 0 Å². The fraction of sp³-hybridized carbons (Fsp3) is 0.333. The Bertz CT molecular complexity index is 721. The molecule has 0 aromatic heterocycles. The van der Waals surface area contributed by atoms with Crippen LogP contribution in [0.4, 0.5) is 0 Å². The summed E-state index contributed by atoms with van der Waals surface area (Å²) in [4.78, 5) is 14.6. The molecule has 1 amide bonds. The summed E-state index contributed by atoms with van der Waals surface area (Å²) < 4.78 is 0. The smallest absolute Gasteiger partial charge is 0.223 e. The van der Waals surface area contributed by atoms with Crippen LogP contribution in [-0.2, 0) is 17.8 Å². The van der Waals surface area contributed by atoms with Crippen LogP contribution >= 0.6 is 0 Å². The van der Waals surface area contributed by atoms with Crippen LogP contribution in [-0.4, -0.2) is 16.3 Å². The van der Waals surface area contributed by atoms with E-state index in [-0.39, 0.29) is 11.4 Å². The topological polar surface area (TPSA) is 44.1 Å². The van der Waals surface area contributed by atoms with Crippen molar-refractivity contribution in [1.82, 2.24) is 4.90 Å². The SMILES string of the molecule is N#CCC[C@]1(Cc2ccccc2)CCC(=O)N1Cc1ccccc1. The molecule has 1 aliphatic rings. The largest absolute Gasteiger partial charge is 0.332 e. The lowest BCUT2D eigenvalue weighted by molar-refractivity contribution is -0.132. The molecule has 0 N–H and O–H groups in total. The molecular weight excluding hydrogens is 296 g/mol. The van der Waals surface area contributed by atoms with Gasteiger partial charge in [-0.25, -0.2) is 0 Å². The summed E-state index contributed by atoms with van der Waals surface area (Å²) >= 11 is 0. The van der Waals surface area contributed by atoms with E-state index in [2.05, 4.69) is 30.3 Å². The van der Waals surface area contributed by atoms with Gasteiger partial charge in [-0.2, -0.15) is 5.26 Å². The molecule has 0 aliphatic carbocycles. The summed E-state index contributed by atoms with van der Waals surface area (Å²) in [5, 5.41) is 9.10. The Morgan fingerprint density at radius 2 is 1.62 bits per heavy atom. The van der Waals surface area contributed by atoms with E-state index in [1.165, 1.54) is 5.56 Å². The van der Waals surface area contributed by atoms with Crippen molar-refractivity contribution in [2.45, 2.75) is 44.2 Å². The van der Waals surface area contributed by atoms with Crippen LogP contribution in [0.2, 0.25) is 0 Å². The third-order valence-corrected chi connectivity index (χ3v) is 4.94. The molecule has 3 heteroatoms. The highest BCUT2D eigenvalue weighted by atomic mass is 16.2. The van der Waals surface area contributed by atoms with E-state index in [0.29, 0.717) is 19.4 Å². The first-order chi connectivity index (χ1) is 11.7. The number of carbonyl (C=O) groups excluding carboxylic acids is 1. The van der Waals surface area contributed by atoms with Crippen molar-refractivity contribution in [1.29, 1.82) is 5.26 Å². The summed E-state index contributed by atoms with van der Waals surface area (Å²) in [6.07, 6.45) is 3.43. The molecule has 1 atom stereocenters. The Kier molecular flexibility index (Phi) is 4.96. The molecule has 3 rings (SSSR count). The molecule has 122 valence electrons. The van der Waals surface area contributed by atoms with Gasteiger partial charge in [0.05, 0.1) is 6.07 Å². The molecule has 0 saturated carbocycles. The maximum atomic E-state index is 12.6. The standard InChI is InChI=1S/C21H22N2O/c22-15-7-13-21(16-18-8-3-1-4-9-18)14-12-20(24)23(21)17-19-10-5-2-6-11-19/h1-6,8-11H,7,12-14,16-17H2/t21-/m1/s1. The van der Waals surface area contributed by atoms with Crippen molar-refractivity contribution in [2.24, 2.45) is 0 Å². The number of nitriles is 1. The minimum Gasteiger partial charge on any atom is -0.332 e. The third-order valence-electron chi connectivity index (χ3n) is 4.94. The molecule has 3 nitrogen and oxygen atoms in total. The van der Waals surface area contributed by atoms with Crippen molar-refractivity contribution in [3.8, 4) is 6.07 Å². The zero-order valence-electron chi connectivity index (χ0n) is 13.8. The van der Waals surface area contributed by atoms with Crippen molar-refractivity contribution in [3.05, 3.63) is 71.8 Å². The highest BCUT2D eigenvalue weighted by molar-refractivity contribution is 5.79. The zero-order valence-corrected chi connectivity index (χ0v) is 13.8. The Morgan fingerprint density at radius 3 is 2.25 bits per heavy atom. The number of benzene rings is 2. The van der Waals surface area contributed by atoms with Gasteiger partial charge in [0.15, 0.2) is 0 Å². The fourth-order valence-electron chi connectivity index (χ4n) is 3.69. The molecule has 2 aromatic rings. The summed E-state index contributed by atoms with van der Waals surface area (Å²) in [6.45, 7) is 0.623. The van der Waals surface area contributed by atoms with E-state index < -0.39 is 0 Å². The van der Waals surface area contributed by atoms with Gasteiger partial charge in [0.2, 0.25) is 5.91 Å². The maximum Gasteiger partial charge on any atom is 0.223 e. The molecule has 2 aromatic carbocycles. The number of hydrogen-bond donors (Lipinski definition) is 0. The lowest BCUT2D eigenvalue weighted by Gasteiger charge is -2.39. The molecule has 1 heterocycles. The summed E-state index contributed by atoms with van der Waals surface area (Å²) in [6, 6.07) is 22.7. The molecule has 1 aliphatic heterocycles. The number of nitrogens with zero attached hydrogens (tertiary/aromatic N) is 2. The highest BCUT2D eigenvalue weighted by Crippen LogP contribution is 2.38. The fourth-order valence-corrected chi connectivity index (χ4v) is 3.69. The predicted octanol–water partition coefficient (Wildman–Crippen LogP) is 4.09. The van der Waals surface area contributed by atoms with E-state index in [1.807, 2.05) is 41.3 Å².